The van der Waals surface area contributed by atoms with Crippen molar-refractivity contribution in [2.45, 2.75) is 52.0 Å². The third kappa shape index (κ3) is 3.15. The van der Waals surface area contributed by atoms with Crippen LogP contribution in [-0.2, 0) is 5.41 Å². The third-order valence-corrected chi connectivity index (χ3v) is 4.18. The Labute approximate surface area is 115 Å². The summed E-state index contributed by atoms with van der Waals surface area (Å²) in [7, 11) is 0. The highest BCUT2D eigenvalue weighted by atomic mass is 16.5. The zero-order valence-corrected chi connectivity index (χ0v) is 12.6. The summed E-state index contributed by atoms with van der Waals surface area (Å²) in [6, 6.07) is 0.284. The number of hydrogen-bond acceptors (Lipinski definition) is 5. The van der Waals surface area contributed by atoms with Crippen LogP contribution in [-0.4, -0.2) is 41.2 Å². The lowest BCUT2D eigenvalue weighted by molar-refractivity contribution is 0.160. The summed E-state index contributed by atoms with van der Waals surface area (Å²) in [6.45, 7) is 12.8. The van der Waals surface area contributed by atoms with Crippen molar-refractivity contribution >= 4 is 0 Å². The van der Waals surface area contributed by atoms with Gasteiger partial charge < -0.3 is 9.84 Å². The standard InChI is InChI=1S/C14H26N4O/c1-5-11(18-9-7-15-8-10-18)12-16-13(19-17-12)14(3,4)6-2/h11,15H,5-10H2,1-4H3. The lowest BCUT2D eigenvalue weighted by Gasteiger charge is -2.32. The summed E-state index contributed by atoms with van der Waals surface area (Å²) in [5, 5.41) is 7.61. The number of nitrogens with zero attached hydrogens (tertiary/aromatic N) is 3. The first kappa shape index (κ1) is 14.5. The summed E-state index contributed by atoms with van der Waals surface area (Å²) in [6.07, 6.45) is 2.02. The third-order valence-electron chi connectivity index (χ3n) is 4.18. The Bertz CT molecular complexity index is 396. The van der Waals surface area contributed by atoms with Crippen molar-refractivity contribution in [2.24, 2.45) is 0 Å². The van der Waals surface area contributed by atoms with Crippen LogP contribution in [0.1, 0.15) is 58.3 Å². The molecule has 0 spiro atoms. The molecule has 1 atom stereocenters. The van der Waals surface area contributed by atoms with Gasteiger partial charge in [-0.25, -0.2) is 0 Å². The molecule has 0 bridgehead atoms. The number of rotatable bonds is 5. The second-order valence-electron chi connectivity index (χ2n) is 5.91. The number of nitrogens with one attached hydrogen (secondary N) is 1. The van der Waals surface area contributed by atoms with Crippen LogP contribution in [0.3, 0.4) is 0 Å². The molecule has 1 aliphatic heterocycles. The topological polar surface area (TPSA) is 54.2 Å². The summed E-state index contributed by atoms with van der Waals surface area (Å²) >= 11 is 0. The van der Waals surface area contributed by atoms with Gasteiger partial charge in [0.25, 0.3) is 0 Å². The van der Waals surface area contributed by atoms with E-state index in [0.717, 1.165) is 50.7 Å². The van der Waals surface area contributed by atoms with Gasteiger partial charge in [-0.1, -0.05) is 32.9 Å². The average Bonchev–Trinajstić information content (AvgIpc) is 2.91. The second-order valence-corrected chi connectivity index (χ2v) is 5.91. The fraction of sp³-hybridized carbons (Fsp3) is 0.857. The quantitative estimate of drug-likeness (QED) is 0.884. The van der Waals surface area contributed by atoms with Crippen molar-refractivity contribution in [1.29, 1.82) is 0 Å². The van der Waals surface area contributed by atoms with E-state index in [1.165, 1.54) is 0 Å². The Hall–Kier alpha value is -0.940. The highest BCUT2D eigenvalue weighted by Gasteiger charge is 2.29. The van der Waals surface area contributed by atoms with Gasteiger partial charge in [-0.3, -0.25) is 4.90 Å². The SMILES string of the molecule is CCC(c1noc(C(C)(C)CC)n1)N1CCNCC1. The van der Waals surface area contributed by atoms with Crippen LogP contribution in [0.4, 0.5) is 0 Å². The van der Waals surface area contributed by atoms with E-state index < -0.39 is 0 Å². The highest BCUT2D eigenvalue weighted by molar-refractivity contribution is 5.03. The molecule has 19 heavy (non-hydrogen) atoms. The number of aromatic nitrogens is 2. The molecule has 1 N–H and O–H groups in total. The van der Waals surface area contributed by atoms with Gasteiger partial charge in [0, 0.05) is 31.6 Å². The minimum absolute atomic E-state index is 0.0347. The van der Waals surface area contributed by atoms with E-state index in [1.807, 2.05) is 0 Å². The first-order valence-corrected chi connectivity index (χ1v) is 7.37. The molecule has 1 aromatic rings. The first-order valence-electron chi connectivity index (χ1n) is 7.37. The molecule has 1 unspecified atom stereocenters. The van der Waals surface area contributed by atoms with Gasteiger partial charge in [0.05, 0.1) is 6.04 Å². The predicted molar refractivity (Wildman–Crippen MR) is 75.1 cm³/mol. The van der Waals surface area contributed by atoms with E-state index in [2.05, 4.69) is 48.1 Å². The molecular formula is C14H26N4O. The van der Waals surface area contributed by atoms with Crippen LogP contribution in [0.25, 0.3) is 0 Å². The van der Waals surface area contributed by atoms with Crippen LogP contribution in [0.5, 0.6) is 0 Å². The van der Waals surface area contributed by atoms with Crippen LogP contribution >= 0.6 is 0 Å². The Morgan fingerprint density at radius 2 is 2.00 bits per heavy atom. The molecule has 2 heterocycles. The van der Waals surface area contributed by atoms with Gasteiger partial charge in [-0.15, -0.1) is 0 Å². The maximum Gasteiger partial charge on any atom is 0.232 e. The van der Waals surface area contributed by atoms with Gasteiger partial charge in [-0.05, 0) is 12.8 Å². The van der Waals surface area contributed by atoms with Crippen molar-refractivity contribution in [3.05, 3.63) is 11.7 Å². The molecule has 0 aromatic carbocycles. The molecule has 0 saturated carbocycles. The molecule has 1 aliphatic rings. The largest absolute Gasteiger partial charge is 0.339 e. The summed E-state index contributed by atoms with van der Waals surface area (Å²) in [5.74, 6) is 1.61. The van der Waals surface area contributed by atoms with Gasteiger partial charge >= 0.3 is 0 Å². The maximum atomic E-state index is 5.49. The van der Waals surface area contributed by atoms with Crippen molar-refractivity contribution in [1.82, 2.24) is 20.4 Å². The Balaban J connectivity index is 2.15. The van der Waals surface area contributed by atoms with Crippen LogP contribution in [0.15, 0.2) is 4.52 Å². The van der Waals surface area contributed by atoms with Crippen LogP contribution < -0.4 is 5.32 Å². The number of hydrogen-bond donors (Lipinski definition) is 1. The van der Waals surface area contributed by atoms with Gasteiger partial charge in [0.15, 0.2) is 5.82 Å². The molecule has 5 heteroatoms. The molecule has 1 saturated heterocycles. The Morgan fingerprint density at radius 1 is 1.32 bits per heavy atom. The zero-order chi connectivity index (χ0) is 13.9. The molecular weight excluding hydrogens is 240 g/mol. The fourth-order valence-corrected chi connectivity index (χ4v) is 2.39. The van der Waals surface area contributed by atoms with Crippen molar-refractivity contribution in [2.75, 3.05) is 26.2 Å². The van der Waals surface area contributed by atoms with E-state index in [-0.39, 0.29) is 11.5 Å². The average molecular weight is 266 g/mol. The van der Waals surface area contributed by atoms with Gasteiger partial charge in [0.1, 0.15) is 0 Å². The molecule has 2 rings (SSSR count). The molecule has 0 amide bonds. The lowest BCUT2D eigenvalue weighted by Crippen LogP contribution is -2.45. The maximum absolute atomic E-state index is 5.49. The fourth-order valence-electron chi connectivity index (χ4n) is 2.39. The van der Waals surface area contributed by atoms with Gasteiger partial charge in [-0.2, -0.15) is 4.98 Å². The second kappa shape index (κ2) is 6.01. The zero-order valence-electron chi connectivity index (χ0n) is 12.6. The molecule has 1 fully saturated rings. The first-order chi connectivity index (χ1) is 9.08. The van der Waals surface area contributed by atoms with E-state index in [1.54, 1.807) is 0 Å². The summed E-state index contributed by atoms with van der Waals surface area (Å²) < 4.78 is 5.49. The summed E-state index contributed by atoms with van der Waals surface area (Å²) in [5.41, 5.74) is -0.0347. The molecule has 108 valence electrons. The van der Waals surface area contributed by atoms with Crippen molar-refractivity contribution in [3.63, 3.8) is 0 Å². The Morgan fingerprint density at radius 3 is 2.58 bits per heavy atom. The van der Waals surface area contributed by atoms with Crippen molar-refractivity contribution in [3.8, 4) is 0 Å². The highest BCUT2D eigenvalue weighted by Crippen LogP contribution is 2.28. The van der Waals surface area contributed by atoms with E-state index in [0.29, 0.717) is 0 Å². The summed E-state index contributed by atoms with van der Waals surface area (Å²) in [4.78, 5) is 7.11. The molecule has 1 aromatic heterocycles. The van der Waals surface area contributed by atoms with E-state index in [9.17, 15) is 0 Å². The van der Waals surface area contributed by atoms with E-state index >= 15 is 0 Å². The molecule has 0 radical (unpaired) electrons. The monoisotopic (exact) mass is 266 g/mol. The lowest BCUT2D eigenvalue weighted by atomic mass is 9.90. The smallest absolute Gasteiger partial charge is 0.232 e. The van der Waals surface area contributed by atoms with Crippen LogP contribution in [0.2, 0.25) is 0 Å². The minimum Gasteiger partial charge on any atom is -0.339 e. The molecule has 0 aliphatic carbocycles. The predicted octanol–water partition coefficient (Wildman–Crippen LogP) is 2.11. The van der Waals surface area contributed by atoms with Gasteiger partial charge in [0.2, 0.25) is 5.89 Å². The van der Waals surface area contributed by atoms with Crippen LogP contribution in [0, 0.1) is 0 Å². The van der Waals surface area contributed by atoms with E-state index in [4.69, 9.17) is 4.52 Å². The minimum atomic E-state index is -0.0347. The van der Waals surface area contributed by atoms with Crippen molar-refractivity contribution < 1.29 is 4.52 Å². The Kier molecular flexibility index (Phi) is 4.58. The number of piperazine rings is 1. The normalized spacial score (nSPS) is 19.6. The molecule has 5 nitrogen and oxygen atoms in total.